The lowest BCUT2D eigenvalue weighted by atomic mass is 10.6. The molecule has 8 heavy (non-hydrogen) atoms. The van der Waals surface area contributed by atoms with E-state index in [4.69, 9.17) is 0 Å². The van der Waals surface area contributed by atoms with E-state index < -0.39 is 0 Å². The second kappa shape index (κ2) is 5.03. The Morgan fingerprint density at radius 2 is 1.12 bits per heavy atom. The minimum atomic E-state index is 0. The van der Waals surface area contributed by atoms with Crippen LogP contribution in [0, 0.1) is 0 Å². The Balaban J connectivity index is -0.000000125. The molecule has 0 amide bonds. The summed E-state index contributed by atoms with van der Waals surface area (Å²) in [4.78, 5) is 0. The lowest BCUT2D eigenvalue weighted by Gasteiger charge is -2.20. The summed E-state index contributed by atoms with van der Waals surface area (Å²) in [6.07, 6.45) is 0. The van der Waals surface area contributed by atoms with E-state index in [0.717, 1.165) is 4.48 Å². The Hall–Kier alpha value is -0.120. The first-order valence-corrected chi connectivity index (χ1v) is 2.36. The first kappa shape index (κ1) is 15.7. The van der Waals surface area contributed by atoms with Gasteiger partial charge in [0.1, 0.15) is 0 Å². The maximum Gasteiger partial charge on any atom is 0.0751 e. The van der Waals surface area contributed by atoms with Gasteiger partial charge in [0, 0.05) is 0 Å². The molecule has 0 aromatic heterocycles. The van der Waals surface area contributed by atoms with Crippen LogP contribution in [0.15, 0.2) is 0 Å². The number of quaternary nitrogens is 1. The third kappa shape index (κ3) is 16.9. The highest BCUT2D eigenvalue weighted by Crippen LogP contribution is 1.83. The molecule has 0 radical (unpaired) electrons. The summed E-state index contributed by atoms with van der Waals surface area (Å²) in [5.74, 6) is 0. The van der Waals surface area contributed by atoms with Gasteiger partial charge in [0.15, 0.2) is 0 Å². The molecule has 0 aliphatic heterocycles. The van der Waals surface area contributed by atoms with Crippen molar-refractivity contribution >= 4 is 0 Å². The predicted octanol–water partition coefficient (Wildman–Crippen LogP) is -0.937. The second-order valence-corrected chi connectivity index (χ2v) is 2.61. The number of hydrogen-bond acceptors (Lipinski definition) is 0. The van der Waals surface area contributed by atoms with E-state index in [2.05, 4.69) is 28.1 Å². The fourth-order valence-electron chi connectivity index (χ4n) is 0. The zero-order valence-corrected chi connectivity index (χ0v) is 6.15. The SMILES string of the molecule is CC[N+](C)(C)C.O.O. The average Bonchev–Trinajstić information content (AvgIpc) is 1.35. The molecule has 0 heterocycles. The van der Waals surface area contributed by atoms with Crippen LogP contribution in [0.2, 0.25) is 0 Å². The Bertz CT molecular complexity index is 40.2. The molecule has 0 fully saturated rings. The van der Waals surface area contributed by atoms with E-state index >= 15 is 0 Å². The summed E-state index contributed by atoms with van der Waals surface area (Å²) in [6.45, 7) is 3.39. The summed E-state index contributed by atoms with van der Waals surface area (Å²) >= 11 is 0. The number of nitrogens with zero attached hydrogens (tertiary/aromatic N) is 1. The van der Waals surface area contributed by atoms with Gasteiger partial charge in [0.05, 0.1) is 27.7 Å². The van der Waals surface area contributed by atoms with E-state index in [0.29, 0.717) is 0 Å². The molecule has 3 heteroatoms. The molecule has 0 saturated carbocycles. The van der Waals surface area contributed by atoms with E-state index in [1.165, 1.54) is 6.54 Å². The van der Waals surface area contributed by atoms with Gasteiger partial charge >= 0.3 is 0 Å². The molecule has 4 N–H and O–H groups in total. The summed E-state index contributed by atoms with van der Waals surface area (Å²) in [7, 11) is 6.54. The molecule has 0 unspecified atom stereocenters. The number of hydrogen-bond donors (Lipinski definition) is 0. The third-order valence-electron chi connectivity index (χ3n) is 0.949. The molecule has 0 bridgehead atoms. The van der Waals surface area contributed by atoms with Crippen molar-refractivity contribution in [2.24, 2.45) is 0 Å². The van der Waals surface area contributed by atoms with Gasteiger partial charge in [-0.1, -0.05) is 0 Å². The highest BCUT2D eigenvalue weighted by atomic mass is 16.0. The molecule has 0 aliphatic rings. The van der Waals surface area contributed by atoms with Gasteiger partial charge in [0.25, 0.3) is 0 Å². The maximum atomic E-state index is 2.18. The fourth-order valence-corrected chi connectivity index (χ4v) is 0. The van der Waals surface area contributed by atoms with Crippen LogP contribution in [0.25, 0.3) is 0 Å². The molecule has 0 spiro atoms. The van der Waals surface area contributed by atoms with Crippen LogP contribution in [-0.4, -0.2) is 43.1 Å². The minimum Gasteiger partial charge on any atom is -0.412 e. The van der Waals surface area contributed by atoms with Crippen molar-refractivity contribution in [1.82, 2.24) is 0 Å². The third-order valence-corrected chi connectivity index (χ3v) is 0.949. The van der Waals surface area contributed by atoms with Gasteiger partial charge in [0.2, 0.25) is 0 Å². The summed E-state index contributed by atoms with van der Waals surface area (Å²) < 4.78 is 1.07. The highest BCUT2D eigenvalue weighted by molar-refractivity contribution is 4.06. The van der Waals surface area contributed by atoms with Crippen molar-refractivity contribution in [3.63, 3.8) is 0 Å². The topological polar surface area (TPSA) is 63.0 Å². The van der Waals surface area contributed by atoms with Crippen molar-refractivity contribution in [3.8, 4) is 0 Å². The summed E-state index contributed by atoms with van der Waals surface area (Å²) in [6, 6.07) is 0. The molecule has 0 aliphatic carbocycles. The van der Waals surface area contributed by atoms with Gasteiger partial charge in [-0.05, 0) is 6.92 Å². The molecule has 0 aromatic carbocycles. The monoisotopic (exact) mass is 124 g/mol. The van der Waals surface area contributed by atoms with E-state index in [1.807, 2.05) is 0 Å². The fraction of sp³-hybridized carbons (Fsp3) is 1.00. The molecule has 0 saturated heterocycles. The average molecular weight is 124 g/mol. The largest absolute Gasteiger partial charge is 0.412 e. The molecule has 0 atom stereocenters. The van der Waals surface area contributed by atoms with Crippen molar-refractivity contribution in [2.75, 3.05) is 27.7 Å². The van der Waals surface area contributed by atoms with E-state index in [9.17, 15) is 0 Å². The molecule has 3 nitrogen and oxygen atoms in total. The van der Waals surface area contributed by atoms with E-state index in [-0.39, 0.29) is 11.0 Å². The normalized spacial score (nSPS) is 9.00. The van der Waals surface area contributed by atoms with Crippen molar-refractivity contribution < 1.29 is 15.4 Å². The molecule has 54 valence electrons. The maximum absolute atomic E-state index is 2.18. The van der Waals surface area contributed by atoms with Crippen LogP contribution in [0.5, 0.6) is 0 Å². The highest BCUT2D eigenvalue weighted by Gasteiger charge is 1.97. The Labute approximate surface area is 51.1 Å². The van der Waals surface area contributed by atoms with Gasteiger partial charge in [-0.15, -0.1) is 0 Å². The second-order valence-electron chi connectivity index (χ2n) is 2.61. The van der Waals surface area contributed by atoms with Crippen LogP contribution in [0.1, 0.15) is 6.92 Å². The predicted molar refractivity (Wildman–Crippen MR) is 35.8 cm³/mol. The molecular formula is C5H18NO2+. The summed E-state index contributed by atoms with van der Waals surface area (Å²) in [5, 5.41) is 0. The van der Waals surface area contributed by atoms with Crippen LogP contribution < -0.4 is 0 Å². The molecule has 0 aromatic rings. The van der Waals surface area contributed by atoms with Crippen LogP contribution in [0.4, 0.5) is 0 Å². The zero-order chi connectivity index (χ0) is 5.21. The van der Waals surface area contributed by atoms with Crippen molar-refractivity contribution in [1.29, 1.82) is 0 Å². The first-order chi connectivity index (χ1) is 2.56. The summed E-state index contributed by atoms with van der Waals surface area (Å²) in [5.41, 5.74) is 0. The standard InChI is InChI=1S/C5H14N.2H2O/c1-5-6(2,3)4;;/h5H2,1-4H3;2*1H2/q+1;;. The van der Waals surface area contributed by atoms with Gasteiger partial charge in [-0.25, -0.2) is 0 Å². The quantitative estimate of drug-likeness (QED) is 0.405. The smallest absolute Gasteiger partial charge is 0.0751 e. The van der Waals surface area contributed by atoms with Crippen LogP contribution >= 0.6 is 0 Å². The lowest BCUT2D eigenvalue weighted by Crippen LogP contribution is -2.33. The van der Waals surface area contributed by atoms with Crippen LogP contribution in [0.3, 0.4) is 0 Å². The van der Waals surface area contributed by atoms with E-state index in [1.54, 1.807) is 0 Å². The van der Waals surface area contributed by atoms with Crippen molar-refractivity contribution in [2.45, 2.75) is 6.92 Å². The Kier molecular flexibility index (Phi) is 9.84. The van der Waals surface area contributed by atoms with Gasteiger partial charge in [-0.2, -0.15) is 0 Å². The van der Waals surface area contributed by atoms with Gasteiger partial charge < -0.3 is 15.4 Å². The molecule has 0 rings (SSSR count). The van der Waals surface area contributed by atoms with Crippen LogP contribution in [-0.2, 0) is 0 Å². The Morgan fingerprint density at radius 3 is 1.12 bits per heavy atom. The van der Waals surface area contributed by atoms with Crippen molar-refractivity contribution in [3.05, 3.63) is 0 Å². The van der Waals surface area contributed by atoms with Gasteiger partial charge in [-0.3, -0.25) is 0 Å². The molecular weight excluding hydrogens is 106 g/mol. The first-order valence-electron chi connectivity index (χ1n) is 2.36. The minimum absolute atomic E-state index is 0. The zero-order valence-electron chi connectivity index (χ0n) is 6.15. The Morgan fingerprint density at radius 1 is 1.00 bits per heavy atom. The lowest BCUT2D eigenvalue weighted by molar-refractivity contribution is -0.868. The number of rotatable bonds is 1.